The van der Waals surface area contributed by atoms with Gasteiger partial charge in [0.2, 0.25) is 11.8 Å². The van der Waals surface area contributed by atoms with Gasteiger partial charge in [0, 0.05) is 31.5 Å². The number of likely N-dealkylation sites (tertiary alicyclic amines) is 1. The summed E-state index contributed by atoms with van der Waals surface area (Å²) in [6.07, 6.45) is 0.930. The molecule has 2 aromatic carbocycles. The molecule has 5 amide bonds. The van der Waals surface area contributed by atoms with Crippen LogP contribution in [0.2, 0.25) is 0 Å². The Balaban J connectivity index is 1.37. The average Bonchev–Trinajstić information content (AvgIpc) is 3.22. The van der Waals surface area contributed by atoms with Crippen LogP contribution in [0.1, 0.15) is 55.9 Å². The van der Waals surface area contributed by atoms with E-state index in [1.54, 1.807) is 0 Å². The Morgan fingerprint density at radius 2 is 1.52 bits per heavy atom. The molecule has 2 aliphatic rings. The minimum Gasteiger partial charge on any atom is -0.352 e. The fraction of sp³-hybridized carbons (Fsp3) is 0.261. The first-order valence-electron chi connectivity index (χ1n) is 10.1. The van der Waals surface area contributed by atoms with E-state index in [0.717, 1.165) is 5.56 Å². The van der Waals surface area contributed by atoms with E-state index < -0.39 is 5.91 Å². The molecule has 0 spiro atoms. The second-order valence-corrected chi connectivity index (χ2v) is 7.49. The van der Waals surface area contributed by atoms with Gasteiger partial charge in [0.25, 0.3) is 17.7 Å². The Bertz CT molecular complexity index is 1060. The normalized spacial score (nSPS) is 15.6. The van der Waals surface area contributed by atoms with E-state index >= 15 is 0 Å². The third-order valence-corrected chi connectivity index (χ3v) is 5.42. The summed E-state index contributed by atoms with van der Waals surface area (Å²) in [4.78, 5) is 63.4. The van der Waals surface area contributed by atoms with Crippen LogP contribution in [0.5, 0.6) is 0 Å². The van der Waals surface area contributed by atoms with Crippen molar-refractivity contribution in [3.8, 4) is 0 Å². The second-order valence-electron chi connectivity index (χ2n) is 7.49. The van der Waals surface area contributed by atoms with E-state index in [1.165, 1.54) is 28.0 Å². The molecule has 158 valence electrons. The molecule has 0 unspecified atom stereocenters. The number of nitrogens with zero attached hydrogens (tertiary/aromatic N) is 2. The first kappa shape index (κ1) is 20.5. The van der Waals surface area contributed by atoms with E-state index in [-0.39, 0.29) is 72.8 Å². The molecule has 8 nitrogen and oxygen atoms in total. The van der Waals surface area contributed by atoms with Gasteiger partial charge in [0.1, 0.15) is 0 Å². The Morgan fingerprint density at radius 1 is 0.839 bits per heavy atom. The van der Waals surface area contributed by atoms with Crippen LogP contribution < -0.4 is 5.32 Å². The third-order valence-electron chi connectivity index (χ3n) is 5.42. The van der Waals surface area contributed by atoms with Crippen LogP contribution in [0.4, 0.5) is 0 Å². The van der Waals surface area contributed by atoms with Crippen molar-refractivity contribution in [2.75, 3.05) is 13.1 Å². The molecule has 31 heavy (non-hydrogen) atoms. The molecule has 0 aromatic heterocycles. The number of carbonyl (C=O) groups is 5. The molecule has 0 aliphatic carbocycles. The zero-order valence-electron chi connectivity index (χ0n) is 16.8. The molecular weight excluding hydrogens is 398 g/mol. The molecular formula is C23H21N3O5. The van der Waals surface area contributed by atoms with Gasteiger partial charge in [-0.2, -0.15) is 0 Å². The predicted molar refractivity (Wildman–Crippen MR) is 110 cm³/mol. The summed E-state index contributed by atoms with van der Waals surface area (Å²) in [6.45, 7) is 0.714. The molecule has 2 aliphatic heterocycles. The molecule has 2 heterocycles. The van der Waals surface area contributed by atoms with Crippen molar-refractivity contribution in [3.63, 3.8) is 0 Å². The highest BCUT2D eigenvalue weighted by Crippen LogP contribution is 2.25. The van der Waals surface area contributed by atoms with E-state index in [4.69, 9.17) is 0 Å². The summed E-state index contributed by atoms with van der Waals surface area (Å²) in [6, 6.07) is 13.7. The molecule has 0 radical (unpaired) electrons. The maximum absolute atomic E-state index is 12.8. The van der Waals surface area contributed by atoms with Gasteiger partial charge in [0.05, 0.1) is 17.7 Å². The van der Waals surface area contributed by atoms with E-state index in [1.807, 2.05) is 30.3 Å². The van der Waals surface area contributed by atoms with Crippen LogP contribution in [-0.2, 0) is 16.1 Å². The van der Waals surface area contributed by atoms with Crippen LogP contribution in [0.3, 0.4) is 0 Å². The standard InChI is InChI=1S/C23H21N3O5/c27-19-9-10-20(28)25(19)12-4-11-24-21(29)16-7-8-17-18(13-16)23(31)26(22(17)30)14-15-5-2-1-3-6-15/h1-3,5-8,13H,4,9-12,14H2,(H,24,29). The lowest BCUT2D eigenvalue weighted by molar-refractivity contribution is -0.138. The highest BCUT2D eigenvalue weighted by atomic mass is 16.2. The molecule has 2 aromatic rings. The van der Waals surface area contributed by atoms with Crippen molar-refractivity contribution >= 4 is 29.5 Å². The van der Waals surface area contributed by atoms with E-state index in [9.17, 15) is 24.0 Å². The quantitative estimate of drug-likeness (QED) is 0.544. The van der Waals surface area contributed by atoms with Crippen molar-refractivity contribution in [3.05, 3.63) is 70.8 Å². The molecule has 0 saturated carbocycles. The second kappa shape index (κ2) is 8.51. The number of hydrogen-bond donors (Lipinski definition) is 1. The number of rotatable bonds is 7. The smallest absolute Gasteiger partial charge is 0.261 e. The first-order valence-corrected chi connectivity index (χ1v) is 10.1. The van der Waals surface area contributed by atoms with Crippen LogP contribution in [-0.4, -0.2) is 52.4 Å². The Hall–Kier alpha value is -3.81. The van der Waals surface area contributed by atoms with Crippen molar-refractivity contribution in [1.29, 1.82) is 0 Å². The summed E-state index contributed by atoms with van der Waals surface area (Å²) in [7, 11) is 0. The summed E-state index contributed by atoms with van der Waals surface area (Å²) >= 11 is 0. The lowest BCUT2D eigenvalue weighted by Crippen LogP contribution is -2.33. The van der Waals surface area contributed by atoms with Gasteiger partial charge in [-0.3, -0.25) is 33.8 Å². The molecule has 8 heteroatoms. The van der Waals surface area contributed by atoms with Gasteiger partial charge in [-0.05, 0) is 30.2 Å². The van der Waals surface area contributed by atoms with E-state index in [2.05, 4.69) is 5.32 Å². The van der Waals surface area contributed by atoms with Crippen molar-refractivity contribution in [2.24, 2.45) is 0 Å². The minimum absolute atomic E-state index is 0.169. The molecule has 1 saturated heterocycles. The van der Waals surface area contributed by atoms with Crippen LogP contribution in [0, 0.1) is 0 Å². The van der Waals surface area contributed by atoms with Crippen LogP contribution in [0.25, 0.3) is 0 Å². The number of fused-ring (bicyclic) bond motifs is 1. The van der Waals surface area contributed by atoms with Gasteiger partial charge in [0.15, 0.2) is 0 Å². The van der Waals surface area contributed by atoms with Crippen LogP contribution >= 0.6 is 0 Å². The largest absolute Gasteiger partial charge is 0.352 e. The fourth-order valence-corrected chi connectivity index (χ4v) is 3.75. The molecule has 0 atom stereocenters. The topological polar surface area (TPSA) is 104 Å². The summed E-state index contributed by atoms with van der Waals surface area (Å²) < 4.78 is 0. The van der Waals surface area contributed by atoms with Gasteiger partial charge >= 0.3 is 0 Å². The SMILES string of the molecule is O=C(NCCCN1C(=O)CCC1=O)c1ccc2c(c1)C(=O)N(Cc1ccccc1)C2=O. The fourth-order valence-electron chi connectivity index (χ4n) is 3.75. The van der Waals surface area contributed by atoms with E-state index in [0.29, 0.717) is 6.42 Å². The molecule has 4 rings (SSSR count). The lowest BCUT2D eigenvalue weighted by Gasteiger charge is -2.13. The molecule has 1 fully saturated rings. The third kappa shape index (κ3) is 4.09. The maximum atomic E-state index is 12.8. The Morgan fingerprint density at radius 3 is 2.23 bits per heavy atom. The zero-order chi connectivity index (χ0) is 22.0. The summed E-state index contributed by atoms with van der Waals surface area (Å²) in [5.41, 5.74) is 1.60. The minimum atomic E-state index is -0.426. The summed E-state index contributed by atoms with van der Waals surface area (Å²) in [5, 5.41) is 2.72. The molecule has 0 bridgehead atoms. The Kier molecular flexibility index (Phi) is 5.62. The van der Waals surface area contributed by atoms with Crippen LogP contribution in [0.15, 0.2) is 48.5 Å². The number of amides is 5. The highest BCUT2D eigenvalue weighted by Gasteiger charge is 2.36. The number of benzene rings is 2. The predicted octanol–water partition coefficient (Wildman–Crippen LogP) is 1.75. The van der Waals surface area contributed by atoms with Gasteiger partial charge in [-0.1, -0.05) is 30.3 Å². The monoisotopic (exact) mass is 419 g/mol. The number of hydrogen-bond acceptors (Lipinski definition) is 5. The number of imide groups is 2. The number of nitrogens with one attached hydrogen (secondary N) is 1. The maximum Gasteiger partial charge on any atom is 0.261 e. The molecule has 1 N–H and O–H groups in total. The Labute approximate surface area is 178 Å². The highest BCUT2D eigenvalue weighted by molar-refractivity contribution is 6.22. The zero-order valence-corrected chi connectivity index (χ0v) is 16.8. The van der Waals surface area contributed by atoms with Gasteiger partial charge in [-0.15, -0.1) is 0 Å². The van der Waals surface area contributed by atoms with Gasteiger partial charge < -0.3 is 5.32 Å². The number of carbonyl (C=O) groups excluding carboxylic acids is 5. The summed E-state index contributed by atoms with van der Waals surface area (Å²) in [5.74, 6) is -1.56. The van der Waals surface area contributed by atoms with Crippen molar-refractivity contribution in [1.82, 2.24) is 15.1 Å². The van der Waals surface area contributed by atoms with Crippen molar-refractivity contribution < 1.29 is 24.0 Å². The lowest BCUT2D eigenvalue weighted by atomic mass is 10.1. The first-order chi connectivity index (χ1) is 15.0. The van der Waals surface area contributed by atoms with Crippen molar-refractivity contribution in [2.45, 2.75) is 25.8 Å². The average molecular weight is 419 g/mol. The van der Waals surface area contributed by atoms with Gasteiger partial charge in [-0.25, -0.2) is 0 Å².